The van der Waals surface area contributed by atoms with Crippen LogP contribution in [0.3, 0.4) is 0 Å². The third-order valence-electron chi connectivity index (χ3n) is 5.09. The number of hydrogen-bond donors (Lipinski definition) is 2. The van der Waals surface area contributed by atoms with Gasteiger partial charge in [0.2, 0.25) is 5.91 Å². The third kappa shape index (κ3) is 4.94. The molecule has 0 bridgehead atoms. The second-order valence-corrected chi connectivity index (χ2v) is 8.64. The summed E-state index contributed by atoms with van der Waals surface area (Å²) < 4.78 is 20.6. The number of rotatable bonds is 7. The van der Waals surface area contributed by atoms with E-state index >= 15 is 4.39 Å². The fraction of sp³-hybridized carbons (Fsp3) is 0.391. The normalized spacial score (nSPS) is 14.3. The average Bonchev–Trinajstić information content (AvgIpc) is 3.04. The SMILES string of the molecule is CC(C)(C)OC(=O)CCC(C(N)=O)N1Cc2c(ccc(-c3cc(CO)ccn3)c2F)C1=O. The highest BCUT2D eigenvalue weighted by molar-refractivity contribution is 6.01. The van der Waals surface area contributed by atoms with E-state index in [0.717, 1.165) is 0 Å². The third-order valence-corrected chi connectivity index (χ3v) is 5.09. The lowest BCUT2D eigenvalue weighted by Crippen LogP contribution is -2.45. The van der Waals surface area contributed by atoms with Crippen molar-refractivity contribution in [2.24, 2.45) is 5.73 Å². The van der Waals surface area contributed by atoms with Gasteiger partial charge < -0.3 is 20.5 Å². The molecule has 1 aromatic carbocycles. The number of benzene rings is 1. The minimum atomic E-state index is -1.08. The van der Waals surface area contributed by atoms with Gasteiger partial charge in [-0.15, -0.1) is 0 Å². The highest BCUT2D eigenvalue weighted by Crippen LogP contribution is 2.33. The number of halogens is 1. The lowest BCUT2D eigenvalue weighted by atomic mass is 10.0. The number of carbonyl (C=O) groups is 3. The van der Waals surface area contributed by atoms with E-state index in [1.54, 1.807) is 32.9 Å². The van der Waals surface area contributed by atoms with Crippen molar-refractivity contribution < 1.29 is 28.6 Å². The van der Waals surface area contributed by atoms with E-state index in [2.05, 4.69) is 4.98 Å². The van der Waals surface area contributed by atoms with E-state index in [0.29, 0.717) is 11.3 Å². The maximum absolute atomic E-state index is 15.3. The average molecular weight is 443 g/mol. The maximum Gasteiger partial charge on any atom is 0.306 e. The summed E-state index contributed by atoms with van der Waals surface area (Å²) in [7, 11) is 0. The largest absolute Gasteiger partial charge is 0.460 e. The van der Waals surface area contributed by atoms with Crippen LogP contribution in [0, 0.1) is 5.82 Å². The number of ether oxygens (including phenoxy) is 1. The van der Waals surface area contributed by atoms with Crippen molar-refractivity contribution in [1.82, 2.24) is 9.88 Å². The zero-order valence-electron chi connectivity index (χ0n) is 18.2. The Morgan fingerprint density at radius 3 is 2.59 bits per heavy atom. The monoisotopic (exact) mass is 443 g/mol. The van der Waals surface area contributed by atoms with E-state index in [4.69, 9.17) is 10.5 Å². The molecule has 3 N–H and O–H groups in total. The Bertz CT molecular complexity index is 1060. The van der Waals surface area contributed by atoms with Crippen molar-refractivity contribution in [1.29, 1.82) is 0 Å². The van der Waals surface area contributed by atoms with Gasteiger partial charge in [0, 0.05) is 29.3 Å². The molecule has 8 nitrogen and oxygen atoms in total. The van der Waals surface area contributed by atoms with Crippen molar-refractivity contribution in [2.45, 2.75) is 58.4 Å². The van der Waals surface area contributed by atoms with Gasteiger partial charge in [-0.3, -0.25) is 19.4 Å². The van der Waals surface area contributed by atoms with Gasteiger partial charge in [-0.2, -0.15) is 0 Å². The van der Waals surface area contributed by atoms with Gasteiger partial charge in [-0.1, -0.05) is 0 Å². The van der Waals surface area contributed by atoms with E-state index in [1.807, 2.05) is 0 Å². The molecule has 1 atom stereocenters. The smallest absolute Gasteiger partial charge is 0.306 e. The molecule has 32 heavy (non-hydrogen) atoms. The Hall–Kier alpha value is -3.33. The Morgan fingerprint density at radius 1 is 1.28 bits per heavy atom. The number of amides is 2. The number of esters is 1. The Morgan fingerprint density at radius 2 is 1.97 bits per heavy atom. The number of fused-ring (bicyclic) bond motifs is 1. The predicted octanol–water partition coefficient (Wildman–Crippen LogP) is 2.31. The molecule has 1 unspecified atom stereocenters. The number of carbonyl (C=O) groups excluding carboxylic acids is 3. The number of aliphatic hydroxyl groups is 1. The van der Waals surface area contributed by atoms with Crippen LogP contribution < -0.4 is 5.73 Å². The summed E-state index contributed by atoms with van der Waals surface area (Å²) in [4.78, 5) is 42.4. The molecule has 1 aromatic heterocycles. The number of nitrogens with two attached hydrogens (primary N) is 1. The molecule has 2 amide bonds. The molecular weight excluding hydrogens is 417 g/mol. The van der Waals surface area contributed by atoms with Gasteiger partial charge in [-0.05, 0) is 57.0 Å². The van der Waals surface area contributed by atoms with Gasteiger partial charge in [0.1, 0.15) is 17.5 Å². The van der Waals surface area contributed by atoms with E-state index in [1.165, 1.54) is 23.2 Å². The first-order valence-corrected chi connectivity index (χ1v) is 10.2. The molecule has 2 heterocycles. The Kier molecular flexibility index (Phi) is 6.59. The first-order valence-electron chi connectivity index (χ1n) is 10.2. The fourth-order valence-electron chi connectivity index (χ4n) is 3.64. The lowest BCUT2D eigenvalue weighted by molar-refractivity contribution is -0.155. The standard InChI is InChI=1S/C23H26FN3O5/c1-23(2,3)32-19(29)7-6-18(21(25)30)27-11-16-14(22(27)31)4-5-15(20(16)24)17-10-13(12-28)8-9-26-17/h4-5,8-10,18,28H,6-7,11-12H2,1-3H3,(H2,25,30). The van der Waals surface area contributed by atoms with Crippen LogP contribution in [0.4, 0.5) is 4.39 Å². The highest BCUT2D eigenvalue weighted by atomic mass is 19.1. The molecule has 0 fully saturated rings. The van der Waals surface area contributed by atoms with Crippen LogP contribution in [0.1, 0.15) is 55.1 Å². The second kappa shape index (κ2) is 9.04. The molecule has 0 saturated carbocycles. The van der Waals surface area contributed by atoms with Crippen LogP contribution in [0.2, 0.25) is 0 Å². The number of pyridine rings is 1. The van der Waals surface area contributed by atoms with Crippen molar-refractivity contribution >= 4 is 17.8 Å². The topological polar surface area (TPSA) is 123 Å². The van der Waals surface area contributed by atoms with E-state index in [-0.39, 0.29) is 42.7 Å². The molecule has 170 valence electrons. The molecule has 9 heteroatoms. The molecular formula is C23H26FN3O5. The quantitative estimate of drug-likeness (QED) is 0.633. The summed E-state index contributed by atoms with van der Waals surface area (Å²) in [6.07, 6.45) is 1.32. The first kappa shape index (κ1) is 23.3. The van der Waals surface area contributed by atoms with E-state index in [9.17, 15) is 19.5 Å². The van der Waals surface area contributed by atoms with Crippen LogP contribution in [-0.2, 0) is 27.5 Å². The minimum absolute atomic E-state index is 0.0292. The van der Waals surface area contributed by atoms with Crippen molar-refractivity contribution in [3.8, 4) is 11.3 Å². The highest BCUT2D eigenvalue weighted by Gasteiger charge is 2.38. The minimum Gasteiger partial charge on any atom is -0.460 e. The number of hydrogen-bond acceptors (Lipinski definition) is 6. The summed E-state index contributed by atoms with van der Waals surface area (Å²) >= 11 is 0. The summed E-state index contributed by atoms with van der Waals surface area (Å²) in [5.41, 5.74) is 6.16. The zero-order chi connectivity index (χ0) is 23.6. The van der Waals surface area contributed by atoms with Gasteiger partial charge in [0.25, 0.3) is 5.91 Å². The van der Waals surface area contributed by atoms with Crippen LogP contribution in [-0.4, -0.2) is 44.4 Å². The Labute approximate surface area is 185 Å². The van der Waals surface area contributed by atoms with Crippen molar-refractivity contribution in [3.05, 3.63) is 53.0 Å². The predicted molar refractivity (Wildman–Crippen MR) is 113 cm³/mol. The van der Waals surface area contributed by atoms with Gasteiger partial charge in [-0.25, -0.2) is 4.39 Å². The molecule has 3 rings (SSSR count). The zero-order valence-corrected chi connectivity index (χ0v) is 18.2. The number of nitrogens with zero attached hydrogens (tertiary/aromatic N) is 2. The van der Waals surface area contributed by atoms with Crippen LogP contribution in [0.5, 0.6) is 0 Å². The number of aliphatic hydroxyl groups excluding tert-OH is 1. The molecule has 1 aliphatic heterocycles. The summed E-state index contributed by atoms with van der Waals surface area (Å²) in [6, 6.07) is 5.02. The van der Waals surface area contributed by atoms with Gasteiger partial charge in [0.15, 0.2) is 0 Å². The van der Waals surface area contributed by atoms with Crippen LogP contribution >= 0.6 is 0 Å². The molecule has 0 radical (unpaired) electrons. The molecule has 0 spiro atoms. The first-order chi connectivity index (χ1) is 15.0. The Balaban J connectivity index is 1.84. The number of aromatic nitrogens is 1. The molecule has 2 aromatic rings. The van der Waals surface area contributed by atoms with Crippen molar-refractivity contribution in [2.75, 3.05) is 0 Å². The fourth-order valence-corrected chi connectivity index (χ4v) is 3.64. The second-order valence-electron chi connectivity index (χ2n) is 8.64. The summed E-state index contributed by atoms with van der Waals surface area (Å²) in [5, 5.41) is 9.32. The maximum atomic E-state index is 15.3. The van der Waals surface area contributed by atoms with Crippen molar-refractivity contribution in [3.63, 3.8) is 0 Å². The van der Waals surface area contributed by atoms with Crippen LogP contribution in [0.15, 0.2) is 30.5 Å². The summed E-state index contributed by atoms with van der Waals surface area (Å²) in [6.45, 7) is 4.80. The molecule has 0 saturated heterocycles. The summed E-state index contributed by atoms with van der Waals surface area (Å²) in [5.74, 6) is -2.46. The van der Waals surface area contributed by atoms with E-state index < -0.39 is 35.2 Å². The van der Waals surface area contributed by atoms with Gasteiger partial charge >= 0.3 is 5.97 Å². The molecule has 1 aliphatic rings. The van der Waals surface area contributed by atoms with Crippen LogP contribution in [0.25, 0.3) is 11.3 Å². The lowest BCUT2D eigenvalue weighted by Gasteiger charge is -2.25. The molecule has 0 aliphatic carbocycles. The van der Waals surface area contributed by atoms with Gasteiger partial charge in [0.05, 0.1) is 18.8 Å². The number of primary amides is 1.